The Kier molecular flexibility index (Phi) is 3.52. The van der Waals surface area contributed by atoms with Crippen molar-refractivity contribution >= 4 is 27.5 Å². The Labute approximate surface area is 109 Å². The highest BCUT2D eigenvalue weighted by molar-refractivity contribution is 7.91. The first-order valence-electron chi connectivity index (χ1n) is 5.62. The Bertz CT molecular complexity index is 612. The number of nitro benzene ring substituents is 1. The van der Waals surface area contributed by atoms with Crippen LogP contribution in [0.5, 0.6) is 0 Å². The number of benzene rings is 1. The summed E-state index contributed by atoms with van der Waals surface area (Å²) in [6.07, 6.45) is 0.547. The average molecular weight is 284 g/mol. The van der Waals surface area contributed by atoms with Crippen LogP contribution < -0.4 is 4.90 Å². The first-order chi connectivity index (χ1) is 8.93. The number of sulfone groups is 1. The molecule has 2 rings (SSSR count). The number of carbonyl (C=O) groups excluding carboxylic acids is 1. The molecule has 0 aromatic heterocycles. The van der Waals surface area contributed by atoms with Crippen LogP contribution in [0.1, 0.15) is 10.4 Å². The van der Waals surface area contributed by atoms with E-state index in [2.05, 4.69) is 0 Å². The van der Waals surface area contributed by atoms with Crippen molar-refractivity contribution in [1.29, 1.82) is 0 Å². The number of aldehydes is 1. The van der Waals surface area contributed by atoms with Gasteiger partial charge in [0.2, 0.25) is 0 Å². The monoisotopic (exact) mass is 284 g/mol. The fraction of sp³-hybridized carbons (Fsp3) is 0.364. The lowest BCUT2D eigenvalue weighted by molar-refractivity contribution is -0.384. The fourth-order valence-corrected chi connectivity index (χ4v) is 3.19. The molecule has 0 saturated carbocycles. The third-order valence-corrected chi connectivity index (χ3v) is 4.64. The maximum absolute atomic E-state index is 11.3. The number of carbonyl (C=O) groups is 1. The van der Waals surface area contributed by atoms with E-state index in [1.54, 1.807) is 4.90 Å². The molecule has 102 valence electrons. The Morgan fingerprint density at radius 1 is 1.26 bits per heavy atom. The second-order valence-electron chi connectivity index (χ2n) is 4.26. The van der Waals surface area contributed by atoms with Gasteiger partial charge in [-0.1, -0.05) is 0 Å². The van der Waals surface area contributed by atoms with E-state index in [-0.39, 0.29) is 22.8 Å². The molecule has 0 spiro atoms. The minimum atomic E-state index is -3.00. The van der Waals surface area contributed by atoms with Crippen molar-refractivity contribution in [2.45, 2.75) is 0 Å². The minimum Gasteiger partial charge on any atom is -0.369 e. The summed E-state index contributed by atoms with van der Waals surface area (Å²) in [5, 5.41) is 10.6. The van der Waals surface area contributed by atoms with Gasteiger partial charge >= 0.3 is 0 Å². The number of non-ortho nitro benzene ring substituents is 1. The van der Waals surface area contributed by atoms with Crippen molar-refractivity contribution in [3.63, 3.8) is 0 Å². The van der Waals surface area contributed by atoms with Crippen LogP contribution in [0.4, 0.5) is 11.4 Å². The minimum absolute atomic E-state index is 0.0300. The smallest absolute Gasteiger partial charge is 0.270 e. The van der Waals surface area contributed by atoms with Crippen LogP contribution in [-0.4, -0.2) is 44.2 Å². The zero-order valence-electron chi connectivity index (χ0n) is 9.98. The molecule has 0 bridgehead atoms. The lowest BCUT2D eigenvalue weighted by Crippen LogP contribution is -2.40. The van der Waals surface area contributed by atoms with Crippen molar-refractivity contribution in [2.24, 2.45) is 0 Å². The number of anilines is 1. The van der Waals surface area contributed by atoms with Gasteiger partial charge in [0.1, 0.15) is 0 Å². The van der Waals surface area contributed by atoms with Crippen LogP contribution in [0.2, 0.25) is 0 Å². The van der Waals surface area contributed by atoms with Gasteiger partial charge in [0.15, 0.2) is 16.1 Å². The lowest BCUT2D eigenvalue weighted by Gasteiger charge is -2.29. The second kappa shape index (κ2) is 4.96. The summed E-state index contributed by atoms with van der Waals surface area (Å²) in [5.41, 5.74) is 0.583. The highest BCUT2D eigenvalue weighted by Gasteiger charge is 2.24. The standard InChI is InChI=1S/C11H12N2O5S/c14-8-9-7-10(13(15)16)1-2-11(9)12-3-5-19(17,18)6-4-12/h1-2,7-8H,3-6H2. The van der Waals surface area contributed by atoms with Gasteiger partial charge in [-0.3, -0.25) is 14.9 Å². The molecule has 0 aliphatic carbocycles. The van der Waals surface area contributed by atoms with Gasteiger partial charge in [-0.05, 0) is 6.07 Å². The topological polar surface area (TPSA) is 97.6 Å². The third-order valence-electron chi connectivity index (χ3n) is 3.03. The highest BCUT2D eigenvalue weighted by atomic mass is 32.2. The van der Waals surface area contributed by atoms with Crippen molar-refractivity contribution in [2.75, 3.05) is 29.5 Å². The number of rotatable bonds is 3. The lowest BCUT2D eigenvalue weighted by atomic mass is 10.1. The Morgan fingerprint density at radius 3 is 2.42 bits per heavy atom. The number of nitrogens with zero attached hydrogens (tertiary/aromatic N) is 2. The SMILES string of the molecule is O=Cc1cc([N+](=O)[O-])ccc1N1CCS(=O)(=O)CC1. The number of nitro groups is 1. The van der Waals surface area contributed by atoms with Crippen LogP contribution in [0.3, 0.4) is 0 Å². The summed E-state index contributed by atoms with van der Waals surface area (Å²) in [4.78, 5) is 22.8. The van der Waals surface area contributed by atoms with E-state index in [1.165, 1.54) is 18.2 Å². The van der Waals surface area contributed by atoms with Gasteiger partial charge in [0.25, 0.3) is 5.69 Å². The molecule has 1 fully saturated rings. The molecule has 8 heteroatoms. The molecular formula is C11H12N2O5S. The molecule has 1 aromatic carbocycles. The average Bonchev–Trinajstić information content (AvgIpc) is 2.38. The van der Waals surface area contributed by atoms with Gasteiger partial charge in [0, 0.05) is 36.5 Å². The van der Waals surface area contributed by atoms with E-state index in [1.807, 2.05) is 0 Å². The molecule has 1 aliphatic rings. The maximum Gasteiger partial charge on any atom is 0.270 e. The molecule has 1 aromatic rings. The van der Waals surface area contributed by atoms with E-state index >= 15 is 0 Å². The fourth-order valence-electron chi connectivity index (χ4n) is 1.99. The molecule has 7 nitrogen and oxygen atoms in total. The van der Waals surface area contributed by atoms with Crippen LogP contribution in [0.15, 0.2) is 18.2 Å². The molecule has 0 amide bonds. The quantitative estimate of drug-likeness (QED) is 0.459. The van der Waals surface area contributed by atoms with E-state index in [9.17, 15) is 23.3 Å². The first-order valence-corrected chi connectivity index (χ1v) is 7.44. The summed E-state index contributed by atoms with van der Waals surface area (Å²) in [5.74, 6) is 0.0601. The zero-order valence-corrected chi connectivity index (χ0v) is 10.8. The molecule has 0 unspecified atom stereocenters. The van der Waals surface area contributed by atoms with Gasteiger partial charge in [-0.2, -0.15) is 0 Å². The number of hydrogen-bond donors (Lipinski definition) is 0. The Hall–Kier alpha value is -1.96. The zero-order chi connectivity index (χ0) is 14.0. The summed E-state index contributed by atoms with van der Waals surface area (Å²) in [7, 11) is -3.00. The third kappa shape index (κ3) is 2.90. The second-order valence-corrected chi connectivity index (χ2v) is 6.56. The summed E-state index contributed by atoms with van der Waals surface area (Å²) in [6, 6.07) is 4.00. The van der Waals surface area contributed by atoms with E-state index in [4.69, 9.17) is 0 Å². The van der Waals surface area contributed by atoms with Crippen molar-refractivity contribution in [3.8, 4) is 0 Å². The highest BCUT2D eigenvalue weighted by Crippen LogP contribution is 2.25. The van der Waals surface area contributed by atoms with Crippen molar-refractivity contribution in [3.05, 3.63) is 33.9 Å². The van der Waals surface area contributed by atoms with E-state index in [0.717, 1.165) is 0 Å². The predicted molar refractivity (Wildman–Crippen MR) is 69.4 cm³/mol. The van der Waals surface area contributed by atoms with Gasteiger partial charge in [-0.25, -0.2) is 8.42 Å². The van der Waals surface area contributed by atoms with Gasteiger partial charge in [-0.15, -0.1) is 0 Å². The molecule has 1 aliphatic heterocycles. The molecule has 1 saturated heterocycles. The van der Waals surface area contributed by atoms with Crippen LogP contribution in [0, 0.1) is 10.1 Å². The number of hydrogen-bond acceptors (Lipinski definition) is 6. The normalized spacial score (nSPS) is 18.0. The predicted octanol–water partition coefficient (Wildman–Crippen LogP) is 0.642. The summed E-state index contributed by atoms with van der Waals surface area (Å²) in [6.45, 7) is 0.585. The van der Waals surface area contributed by atoms with Gasteiger partial charge < -0.3 is 4.90 Å². The summed E-state index contributed by atoms with van der Waals surface area (Å²) < 4.78 is 22.7. The van der Waals surface area contributed by atoms with Gasteiger partial charge in [0.05, 0.1) is 16.4 Å². The molecule has 19 heavy (non-hydrogen) atoms. The maximum atomic E-state index is 11.3. The molecule has 0 atom stereocenters. The molecule has 1 heterocycles. The Morgan fingerprint density at radius 2 is 1.89 bits per heavy atom. The first kappa shape index (κ1) is 13.5. The molecule has 0 radical (unpaired) electrons. The van der Waals surface area contributed by atoms with Crippen LogP contribution >= 0.6 is 0 Å². The summed E-state index contributed by atoms with van der Waals surface area (Å²) >= 11 is 0. The molecule has 0 N–H and O–H groups in total. The van der Waals surface area contributed by atoms with Crippen LogP contribution in [-0.2, 0) is 9.84 Å². The van der Waals surface area contributed by atoms with Crippen molar-refractivity contribution in [1.82, 2.24) is 0 Å². The van der Waals surface area contributed by atoms with E-state index < -0.39 is 14.8 Å². The van der Waals surface area contributed by atoms with E-state index in [0.29, 0.717) is 25.1 Å². The Balaban J connectivity index is 2.30. The van der Waals surface area contributed by atoms with Crippen molar-refractivity contribution < 1.29 is 18.1 Å². The van der Waals surface area contributed by atoms with Crippen LogP contribution in [0.25, 0.3) is 0 Å². The largest absolute Gasteiger partial charge is 0.369 e. The molecular weight excluding hydrogens is 272 g/mol.